The Morgan fingerprint density at radius 3 is 2.69 bits per heavy atom. The van der Waals surface area contributed by atoms with Crippen LogP contribution in [0.5, 0.6) is 0 Å². The number of guanidine groups is 1. The molecule has 0 aliphatic heterocycles. The fraction of sp³-hybridized carbons (Fsp3) is 0.417. The van der Waals surface area contributed by atoms with Gasteiger partial charge in [-0.05, 0) is 37.5 Å². The molecule has 0 saturated carbocycles. The average Bonchev–Trinajstić information content (AvgIpc) is 2.28. The second-order valence-electron chi connectivity index (χ2n) is 3.60. The van der Waals surface area contributed by atoms with Gasteiger partial charge in [0.05, 0.1) is 0 Å². The molecule has 0 fully saturated rings. The molecule has 1 aromatic carbocycles. The number of benzene rings is 1. The first-order chi connectivity index (χ1) is 7.72. The van der Waals surface area contributed by atoms with Gasteiger partial charge < -0.3 is 11.1 Å². The molecule has 0 amide bonds. The Labute approximate surface area is 102 Å². The quantitative estimate of drug-likeness (QED) is 0.470. The lowest BCUT2D eigenvalue weighted by molar-refractivity contribution is 0.941. The molecule has 16 heavy (non-hydrogen) atoms. The smallest absolute Gasteiger partial charge is 0.193 e. The van der Waals surface area contributed by atoms with Crippen LogP contribution in [-0.2, 0) is 0 Å². The normalized spacial score (nSPS) is 11.5. The van der Waals surface area contributed by atoms with Gasteiger partial charge in [0.1, 0.15) is 0 Å². The highest BCUT2D eigenvalue weighted by Crippen LogP contribution is 2.07. The molecule has 0 atom stereocenters. The molecule has 0 bridgehead atoms. The fourth-order valence-electron chi connectivity index (χ4n) is 1.23. The van der Waals surface area contributed by atoms with E-state index in [0.717, 1.165) is 24.4 Å². The fourth-order valence-corrected chi connectivity index (χ4v) is 1.65. The number of thioether (sulfide) groups is 1. The van der Waals surface area contributed by atoms with Gasteiger partial charge >= 0.3 is 0 Å². The lowest BCUT2D eigenvalue weighted by Crippen LogP contribution is -2.22. The van der Waals surface area contributed by atoms with E-state index in [4.69, 9.17) is 5.73 Å². The Morgan fingerprint density at radius 2 is 2.06 bits per heavy atom. The molecule has 1 rings (SSSR count). The summed E-state index contributed by atoms with van der Waals surface area (Å²) in [5.74, 6) is 1.62. The highest BCUT2D eigenvalue weighted by atomic mass is 32.2. The van der Waals surface area contributed by atoms with Crippen LogP contribution < -0.4 is 11.1 Å². The Balaban J connectivity index is 2.38. The summed E-state index contributed by atoms with van der Waals surface area (Å²) >= 11 is 1.83. The SMILES string of the molecule is CSCCCN=C(N)Nc1ccc(C)cc1. The summed E-state index contributed by atoms with van der Waals surface area (Å²) in [6.07, 6.45) is 3.16. The van der Waals surface area contributed by atoms with Gasteiger partial charge in [0, 0.05) is 12.2 Å². The predicted octanol–water partition coefficient (Wildman–Crippen LogP) is 2.47. The van der Waals surface area contributed by atoms with Gasteiger partial charge in [-0.1, -0.05) is 17.7 Å². The number of hydrogen-bond acceptors (Lipinski definition) is 2. The molecule has 0 radical (unpaired) electrons. The zero-order chi connectivity index (χ0) is 11.8. The van der Waals surface area contributed by atoms with Crippen molar-refractivity contribution >= 4 is 23.4 Å². The summed E-state index contributed by atoms with van der Waals surface area (Å²) in [7, 11) is 0. The summed E-state index contributed by atoms with van der Waals surface area (Å²) in [4.78, 5) is 4.25. The summed E-state index contributed by atoms with van der Waals surface area (Å²) in [5, 5.41) is 3.07. The maximum Gasteiger partial charge on any atom is 0.193 e. The van der Waals surface area contributed by atoms with Crippen molar-refractivity contribution in [1.82, 2.24) is 0 Å². The van der Waals surface area contributed by atoms with Crippen LogP contribution in [-0.4, -0.2) is 24.5 Å². The summed E-state index contributed by atoms with van der Waals surface area (Å²) in [5.41, 5.74) is 7.98. The van der Waals surface area contributed by atoms with Crippen LogP contribution in [0, 0.1) is 6.92 Å². The monoisotopic (exact) mass is 237 g/mol. The van der Waals surface area contributed by atoms with E-state index in [-0.39, 0.29) is 0 Å². The van der Waals surface area contributed by atoms with Gasteiger partial charge in [-0.3, -0.25) is 4.99 Å². The third-order valence-corrected chi connectivity index (χ3v) is 2.81. The molecular formula is C12H19N3S. The van der Waals surface area contributed by atoms with Crippen molar-refractivity contribution < 1.29 is 0 Å². The number of nitrogens with two attached hydrogens (primary N) is 1. The number of rotatable bonds is 5. The summed E-state index contributed by atoms with van der Waals surface area (Å²) in [6, 6.07) is 8.09. The zero-order valence-electron chi connectivity index (χ0n) is 9.86. The Bertz CT molecular complexity index is 333. The van der Waals surface area contributed by atoms with E-state index in [9.17, 15) is 0 Å². The van der Waals surface area contributed by atoms with Crippen molar-refractivity contribution in [2.75, 3.05) is 23.9 Å². The number of anilines is 1. The third kappa shape index (κ3) is 5.07. The van der Waals surface area contributed by atoms with Crippen molar-refractivity contribution in [2.45, 2.75) is 13.3 Å². The third-order valence-electron chi connectivity index (χ3n) is 2.11. The van der Waals surface area contributed by atoms with Gasteiger partial charge in [0.15, 0.2) is 5.96 Å². The van der Waals surface area contributed by atoms with E-state index < -0.39 is 0 Å². The molecule has 3 nitrogen and oxygen atoms in total. The minimum atomic E-state index is 0.491. The maximum atomic E-state index is 5.76. The van der Waals surface area contributed by atoms with Crippen molar-refractivity contribution in [2.24, 2.45) is 10.7 Å². The van der Waals surface area contributed by atoms with Gasteiger partial charge in [-0.2, -0.15) is 11.8 Å². The van der Waals surface area contributed by atoms with E-state index in [1.54, 1.807) is 0 Å². The molecule has 4 heteroatoms. The number of nitrogens with one attached hydrogen (secondary N) is 1. The Hall–Kier alpha value is -1.16. The highest BCUT2D eigenvalue weighted by Gasteiger charge is 1.94. The first-order valence-electron chi connectivity index (χ1n) is 5.35. The van der Waals surface area contributed by atoms with Crippen LogP contribution in [0.1, 0.15) is 12.0 Å². The van der Waals surface area contributed by atoms with Gasteiger partial charge in [-0.25, -0.2) is 0 Å². The molecule has 88 valence electrons. The van der Waals surface area contributed by atoms with Crippen LogP contribution in [0.2, 0.25) is 0 Å². The van der Waals surface area contributed by atoms with E-state index in [1.807, 2.05) is 36.0 Å². The van der Waals surface area contributed by atoms with Crippen molar-refractivity contribution in [3.05, 3.63) is 29.8 Å². The van der Waals surface area contributed by atoms with Crippen molar-refractivity contribution in [1.29, 1.82) is 0 Å². The zero-order valence-corrected chi connectivity index (χ0v) is 10.7. The maximum absolute atomic E-state index is 5.76. The van der Waals surface area contributed by atoms with Crippen LogP contribution in [0.15, 0.2) is 29.3 Å². The number of nitrogens with zero attached hydrogens (tertiary/aromatic N) is 1. The molecular weight excluding hydrogens is 218 g/mol. The van der Waals surface area contributed by atoms with E-state index in [1.165, 1.54) is 5.56 Å². The predicted molar refractivity (Wildman–Crippen MR) is 74.3 cm³/mol. The number of aryl methyl sites for hydroxylation is 1. The molecule has 0 aromatic heterocycles. The first kappa shape index (κ1) is 12.9. The van der Waals surface area contributed by atoms with Crippen LogP contribution in [0.25, 0.3) is 0 Å². The van der Waals surface area contributed by atoms with Crippen LogP contribution in [0.3, 0.4) is 0 Å². The standard InChI is InChI=1S/C12H19N3S/c1-10-4-6-11(7-5-10)15-12(13)14-8-3-9-16-2/h4-7H,3,8-9H2,1-2H3,(H3,13,14,15). The van der Waals surface area contributed by atoms with E-state index in [0.29, 0.717) is 5.96 Å². The summed E-state index contributed by atoms with van der Waals surface area (Å²) < 4.78 is 0. The van der Waals surface area contributed by atoms with Gasteiger partial charge in [0.25, 0.3) is 0 Å². The molecule has 0 aliphatic rings. The highest BCUT2D eigenvalue weighted by molar-refractivity contribution is 7.98. The summed E-state index contributed by atoms with van der Waals surface area (Å²) in [6.45, 7) is 2.84. The number of hydrogen-bond donors (Lipinski definition) is 2. The second kappa shape index (κ2) is 7.17. The molecule has 3 N–H and O–H groups in total. The lowest BCUT2D eigenvalue weighted by atomic mass is 10.2. The lowest BCUT2D eigenvalue weighted by Gasteiger charge is -2.05. The molecule has 0 saturated heterocycles. The minimum Gasteiger partial charge on any atom is -0.370 e. The minimum absolute atomic E-state index is 0.491. The van der Waals surface area contributed by atoms with Gasteiger partial charge in [-0.15, -0.1) is 0 Å². The Morgan fingerprint density at radius 1 is 1.38 bits per heavy atom. The number of aliphatic imine (C=N–C) groups is 1. The average molecular weight is 237 g/mol. The van der Waals surface area contributed by atoms with E-state index >= 15 is 0 Å². The largest absolute Gasteiger partial charge is 0.370 e. The van der Waals surface area contributed by atoms with Gasteiger partial charge in [0.2, 0.25) is 0 Å². The molecule has 0 aliphatic carbocycles. The topological polar surface area (TPSA) is 50.4 Å². The van der Waals surface area contributed by atoms with Crippen molar-refractivity contribution in [3.8, 4) is 0 Å². The molecule has 1 aromatic rings. The molecule has 0 unspecified atom stereocenters. The van der Waals surface area contributed by atoms with Crippen molar-refractivity contribution in [3.63, 3.8) is 0 Å². The first-order valence-corrected chi connectivity index (χ1v) is 6.74. The second-order valence-corrected chi connectivity index (χ2v) is 4.59. The van der Waals surface area contributed by atoms with Crippen LogP contribution in [0.4, 0.5) is 5.69 Å². The van der Waals surface area contributed by atoms with E-state index in [2.05, 4.69) is 23.5 Å². The van der Waals surface area contributed by atoms with Crippen LogP contribution >= 0.6 is 11.8 Å². The molecule has 0 heterocycles. The molecule has 0 spiro atoms. The Kier molecular flexibility index (Phi) is 5.78.